The number of halogens is 1. The molecule has 0 aliphatic carbocycles. The van der Waals surface area contributed by atoms with Crippen LogP contribution >= 0.6 is 12.2 Å². The number of nitrogens with one attached hydrogen (secondary N) is 1. The SMILES string of the molecule is COc1ccc2[nH]c(=S)n(Cc3ccccc3F)c2c1. The minimum absolute atomic E-state index is 0.230. The number of hydrogen-bond donors (Lipinski definition) is 1. The lowest BCUT2D eigenvalue weighted by Crippen LogP contribution is -2.02. The van der Waals surface area contributed by atoms with E-state index in [9.17, 15) is 4.39 Å². The molecule has 0 saturated carbocycles. The van der Waals surface area contributed by atoms with Crippen LogP contribution in [0.1, 0.15) is 5.56 Å². The van der Waals surface area contributed by atoms with Gasteiger partial charge in [-0.25, -0.2) is 4.39 Å². The molecule has 1 heterocycles. The van der Waals surface area contributed by atoms with Crippen molar-refractivity contribution in [2.45, 2.75) is 6.54 Å². The Morgan fingerprint density at radius 1 is 1.25 bits per heavy atom. The molecule has 3 nitrogen and oxygen atoms in total. The molecule has 0 saturated heterocycles. The number of benzene rings is 2. The number of nitrogens with zero attached hydrogens (tertiary/aromatic N) is 1. The minimum Gasteiger partial charge on any atom is -0.497 e. The third kappa shape index (κ3) is 2.20. The van der Waals surface area contributed by atoms with Crippen molar-refractivity contribution in [2.75, 3.05) is 7.11 Å². The van der Waals surface area contributed by atoms with Gasteiger partial charge in [-0.1, -0.05) is 18.2 Å². The van der Waals surface area contributed by atoms with Crippen molar-refractivity contribution in [3.8, 4) is 5.75 Å². The lowest BCUT2D eigenvalue weighted by atomic mass is 10.2. The van der Waals surface area contributed by atoms with Crippen molar-refractivity contribution in [2.24, 2.45) is 0 Å². The minimum atomic E-state index is -0.230. The molecule has 20 heavy (non-hydrogen) atoms. The fourth-order valence-electron chi connectivity index (χ4n) is 2.21. The van der Waals surface area contributed by atoms with Crippen LogP contribution in [0.25, 0.3) is 11.0 Å². The molecule has 0 atom stereocenters. The Balaban J connectivity index is 2.13. The second kappa shape index (κ2) is 5.09. The highest BCUT2D eigenvalue weighted by molar-refractivity contribution is 7.71. The molecule has 1 aromatic heterocycles. The average Bonchev–Trinajstić information content (AvgIpc) is 2.77. The average molecular weight is 288 g/mol. The number of aromatic amines is 1. The van der Waals surface area contributed by atoms with Crippen LogP contribution in [0.15, 0.2) is 42.5 Å². The van der Waals surface area contributed by atoms with Gasteiger partial charge in [0.15, 0.2) is 4.77 Å². The van der Waals surface area contributed by atoms with Gasteiger partial charge < -0.3 is 14.3 Å². The summed E-state index contributed by atoms with van der Waals surface area (Å²) in [4.78, 5) is 3.12. The van der Waals surface area contributed by atoms with Gasteiger partial charge in [-0.15, -0.1) is 0 Å². The van der Waals surface area contributed by atoms with Gasteiger partial charge in [-0.2, -0.15) is 0 Å². The predicted octanol–water partition coefficient (Wildman–Crippen LogP) is 3.89. The number of rotatable bonds is 3. The van der Waals surface area contributed by atoms with Gasteiger partial charge in [0.1, 0.15) is 11.6 Å². The molecule has 5 heteroatoms. The van der Waals surface area contributed by atoms with Crippen LogP contribution in [-0.4, -0.2) is 16.7 Å². The van der Waals surface area contributed by atoms with Crippen LogP contribution in [0.4, 0.5) is 4.39 Å². The van der Waals surface area contributed by atoms with Crippen molar-refractivity contribution >= 4 is 23.3 Å². The van der Waals surface area contributed by atoms with E-state index in [-0.39, 0.29) is 5.82 Å². The highest BCUT2D eigenvalue weighted by Crippen LogP contribution is 2.22. The van der Waals surface area contributed by atoms with Crippen molar-refractivity contribution in [1.29, 1.82) is 0 Å². The Labute approximate surface area is 120 Å². The van der Waals surface area contributed by atoms with Crippen molar-refractivity contribution in [1.82, 2.24) is 9.55 Å². The monoisotopic (exact) mass is 288 g/mol. The largest absolute Gasteiger partial charge is 0.497 e. The molecule has 2 aromatic carbocycles. The lowest BCUT2D eigenvalue weighted by Gasteiger charge is -2.07. The van der Waals surface area contributed by atoms with Gasteiger partial charge in [0.25, 0.3) is 0 Å². The number of fused-ring (bicyclic) bond motifs is 1. The second-order valence-electron chi connectivity index (χ2n) is 4.49. The van der Waals surface area contributed by atoms with Crippen LogP contribution in [0.3, 0.4) is 0 Å². The van der Waals surface area contributed by atoms with Crippen molar-refractivity contribution in [3.05, 3.63) is 58.6 Å². The molecular formula is C15H13FN2OS. The first-order chi connectivity index (χ1) is 9.69. The normalized spacial score (nSPS) is 10.9. The zero-order valence-corrected chi connectivity index (χ0v) is 11.7. The Hall–Kier alpha value is -2.14. The van der Waals surface area contributed by atoms with Crippen molar-refractivity contribution in [3.63, 3.8) is 0 Å². The van der Waals surface area contributed by atoms with Gasteiger partial charge in [-0.3, -0.25) is 0 Å². The first-order valence-electron chi connectivity index (χ1n) is 6.19. The van der Waals surface area contributed by atoms with Crippen LogP contribution in [0.2, 0.25) is 0 Å². The van der Waals surface area contributed by atoms with Gasteiger partial charge in [-0.05, 0) is 30.4 Å². The van der Waals surface area contributed by atoms with E-state index in [2.05, 4.69) is 4.98 Å². The van der Waals surface area contributed by atoms with Gasteiger partial charge in [0.05, 0.1) is 24.7 Å². The number of methoxy groups -OCH3 is 1. The molecule has 0 aliphatic heterocycles. The summed E-state index contributed by atoms with van der Waals surface area (Å²) in [6.45, 7) is 0.388. The molecule has 3 rings (SSSR count). The molecule has 0 bridgehead atoms. The Morgan fingerprint density at radius 2 is 2.05 bits per heavy atom. The molecule has 1 N–H and O–H groups in total. The molecular weight excluding hydrogens is 275 g/mol. The maximum atomic E-state index is 13.8. The number of ether oxygens (including phenoxy) is 1. The molecule has 0 fully saturated rings. The van der Waals surface area contributed by atoms with Gasteiger partial charge >= 0.3 is 0 Å². The van der Waals surface area contributed by atoms with E-state index in [0.29, 0.717) is 16.9 Å². The quantitative estimate of drug-likeness (QED) is 0.741. The predicted molar refractivity (Wildman–Crippen MR) is 79.2 cm³/mol. The first-order valence-corrected chi connectivity index (χ1v) is 6.60. The lowest BCUT2D eigenvalue weighted by molar-refractivity contribution is 0.415. The molecule has 0 unspecified atom stereocenters. The van der Waals surface area contributed by atoms with E-state index in [1.165, 1.54) is 6.07 Å². The summed E-state index contributed by atoms with van der Waals surface area (Å²) >= 11 is 5.32. The van der Waals surface area contributed by atoms with Gasteiger partial charge in [0, 0.05) is 11.6 Å². The Bertz CT molecular complexity index is 822. The number of H-pyrrole nitrogens is 1. The Kier molecular flexibility index (Phi) is 3.28. The number of hydrogen-bond acceptors (Lipinski definition) is 2. The number of aromatic nitrogens is 2. The highest BCUT2D eigenvalue weighted by atomic mass is 32.1. The van der Waals surface area contributed by atoms with Crippen LogP contribution in [0, 0.1) is 10.6 Å². The maximum absolute atomic E-state index is 13.8. The fourth-order valence-corrected chi connectivity index (χ4v) is 2.49. The van der Waals surface area contributed by atoms with E-state index >= 15 is 0 Å². The summed E-state index contributed by atoms with van der Waals surface area (Å²) in [6, 6.07) is 12.4. The number of imidazole rings is 1. The van der Waals surface area contributed by atoms with E-state index in [1.807, 2.05) is 28.8 Å². The van der Waals surface area contributed by atoms with Crippen LogP contribution < -0.4 is 4.74 Å². The molecule has 0 aliphatic rings. The third-order valence-corrected chi connectivity index (χ3v) is 3.59. The summed E-state index contributed by atoms with van der Waals surface area (Å²) in [6.07, 6.45) is 0. The van der Waals surface area contributed by atoms with E-state index < -0.39 is 0 Å². The third-order valence-electron chi connectivity index (χ3n) is 3.27. The van der Waals surface area contributed by atoms with Crippen molar-refractivity contribution < 1.29 is 9.13 Å². The summed E-state index contributed by atoms with van der Waals surface area (Å²) in [7, 11) is 1.61. The van der Waals surface area contributed by atoms with Crippen LogP contribution in [-0.2, 0) is 6.54 Å². The molecule has 0 amide bonds. The first kappa shape index (κ1) is 12.9. The summed E-state index contributed by atoms with van der Waals surface area (Å²) < 4.78 is 21.4. The summed E-state index contributed by atoms with van der Waals surface area (Å²) in [5.41, 5.74) is 2.41. The second-order valence-corrected chi connectivity index (χ2v) is 4.88. The summed E-state index contributed by atoms with van der Waals surface area (Å²) in [5.74, 6) is 0.514. The fraction of sp³-hybridized carbons (Fsp3) is 0.133. The highest BCUT2D eigenvalue weighted by Gasteiger charge is 2.08. The van der Waals surface area contributed by atoms with Crippen LogP contribution in [0.5, 0.6) is 5.75 Å². The molecule has 102 valence electrons. The molecule has 0 spiro atoms. The molecule has 3 aromatic rings. The van der Waals surface area contributed by atoms with E-state index in [4.69, 9.17) is 17.0 Å². The smallest absolute Gasteiger partial charge is 0.178 e. The Morgan fingerprint density at radius 3 is 2.80 bits per heavy atom. The molecule has 0 radical (unpaired) electrons. The maximum Gasteiger partial charge on any atom is 0.178 e. The summed E-state index contributed by atoms with van der Waals surface area (Å²) in [5, 5.41) is 0. The van der Waals surface area contributed by atoms with Gasteiger partial charge in [0.2, 0.25) is 0 Å². The van der Waals surface area contributed by atoms with E-state index in [1.54, 1.807) is 19.2 Å². The zero-order valence-electron chi connectivity index (χ0n) is 10.9. The standard InChI is InChI=1S/C15H13FN2OS/c1-19-11-6-7-13-14(8-11)18(15(20)17-13)9-10-4-2-3-5-12(10)16/h2-8H,9H2,1H3,(H,17,20). The van der Waals surface area contributed by atoms with E-state index in [0.717, 1.165) is 16.8 Å². The zero-order chi connectivity index (χ0) is 14.1. The topological polar surface area (TPSA) is 29.9 Å².